The van der Waals surface area contributed by atoms with E-state index in [9.17, 15) is 5.11 Å². The van der Waals surface area contributed by atoms with Gasteiger partial charge in [0.15, 0.2) is 0 Å². The summed E-state index contributed by atoms with van der Waals surface area (Å²) in [6.07, 6.45) is 0.913. The van der Waals surface area contributed by atoms with E-state index in [2.05, 4.69) is 21.9 Å². The number of halogens is 3. The average Bonchev–Trinajstić information content (AvgIpc) is 2.79. The first kappa shape index (κ1) is 23.6. The number of rotatable bonds is 3. The van der Waals surface area contributed by atoms with Crippen molar-refractivity contribution in [3.8, 4) is 5.75 Å². The minimum atomic E-state index is 0. The first-order valence-corrected chi connectivity index (χ1v) is 10.2. The molecule has 4 nitrogen and oxygen atoms in total. The van der Waals surface area contributed by atoms with Crippen molar-refractivity contribution in [1.29, 1.82) is 0 Å². The van der Waals surface area contributed by atoms with E-state index in [0.717, 1.165) is 49.1 Å². The molecule has 1 fully saturated rings. The second-order valence-corrected chi connectivity index (χ2v) is 8.42. The summed E-state index contributed by atoms with van der Waals surface area (Å²) in [6, 6.07) is 12.1. The average molecular weight is 464 g/mol. The van der Waals surface area contributed by atoms with Crippen molar-refractivity contribution in [1.82, 2.24) is 9.80 Å². The summed E-state index contributed by atoms with van der Waals surface area (Å²) in [7, 11) is 0. The highest BCUT2D eigenvalue weighted by Crippen LogP contribution is 2.44. The molecule has 8 heteroatoms. The highest BCUT2D eigenvalue weighted by molar-refractivity contribution is 7.99. The molecule has 1 unspecified atom stereocenters. The summed E-state index contributed by atoms with van der Waals surface area (Å²) in [5.41, 5.74) is 2.54. The molecule has 2 N–H and O–H groups in total. The molecule has 4 rings (SSSR count). The molecule has 0 radical (unpaired) electrons. The van der Waals surface area contributed by atoms with Gasteiger partial charge < -0.3 is 10.2 Å². The molecule has 2 aromatic carbocycles. The third-order valence-electron chi connectivity index (χ3n) is 5.28. The topological polar surface area (TPSA) is 46.9 Å². The molecular formula is C20H25Cl3N2O2S. The minimum absolute atomic E-state index is 0. The Bertz CT molecular complexity index is 801. The van der Waals surface area contributed by atoms with Gasteiger partial charge in [0.25, 0.3) is 0 Å². The zero-order valence-electron chi connectivity index (χ0n) is 15.4. The van der Waals surface area contributed by atoms with Gasteiger partial charge in [0.1, 0.15) is 5.75 Å². The van der Waals surface area contributed by atoms with Crippen molar-refractivity contribution in [2.24, 2.45) is 0 Å². The lowest BCUT2D eigenvalue weighted by Gasteiger charge is -2.39. The van der Waals surface area contributed by atoms with Gasteiger partial charge in [-0.15, -0.1) is 24.8 Å². The number of piperazine rings is 1. The second kappa shape index (κ2) is 10.4. The summed E-state index contributed by atoms with van der Waals surface area (Å²) in [6.45, 7) is 4.88. The quantitative estimate of drug-likeness (QED) is 0.713. The fraction of sp³-hybridized carbons (Fsp3) is 0.400. The molecule has 2 aliphatic heterocycles. The van der Waals surface area contributed by atoms with E-state index in [1.165, 1.54) is 16.0 Å². The van der Waals surface area contributed by atoms with Crippen molar-refractivity contribution >= 4 is 48.2 Å². The van der Waals surface area contributed by atoms with Crippen LogP contribution in [-0.2, 0) is 6.42 Å². The predicted octanol–water partition coefficient (Wildman–Crippen LogP) is 4.25. The first-order valence-electron chi connectivity index (χ1n) is 9.00. The summed E-state index contributed by atoms with van der Waals surface area (Å²) in [4.78, 5) is 7.18. The van der Waals surface area contributed by atoms with Crippen LogP contribution in [0.2, 0.25) is 5.02 Å². The Morgan fingerprint density at radius 3 is 2.46 bits per heavy atom. The number of aliphatic hydroxyl groups is 1. The van der Waals surface area contributed by atoms with Gasteiger partial charge in [-0.2, -0.15) is 0 Å². The Labute approximate surface area is 187 Å². The number of nitrogens with zero attached hydrogens (tertiary/aromatic N) is 2. The lowest BCUT2D eigenvalue weighted by molar-refractivity contribution is 0.0823. The van der Waals surface area contributed by atoms with Gasteiger partial charge in [0, 0.05) is 53.6 Å². The van der Waals surface area contributed by atoms with Gasteiger partial charge in [-0.1, -0.05) is 29.4 Å². The highest BCUT2D eigenvalue weighted by Gasteiger charge is 2.30. The number of hydrogen-bond donors (Lipinski definition) is 2. The van der Waals surface area contributed by atoms with E-state index >= 15 is 0 Å². The van der Waals surface area contributed by atoms with E-state index in [-0.39, 0.29) is 37.5 Å². The Morgan fingerprint density at radius 1 is 1.00 bits per heavy atom. The lowest BCUT2D eigenvalue weighted by atomic mass is 9.96. The van der Waals surface area contributed by atoms with Crippen LogP contribution < -0.4 is 0 Å². The molecule has 0 aromatic heterocycles. The normalized spacial score (nSPS) is 19.6. The zero-order valence-corrected chi connectivity index (χ0v) is 18.6. The van der Waals surface area contributed by atoms with Crippen LogP contribution in [0.4, 0.5) is 0 Å². The Hall–Kier alpha value is -0.660. The molecular weight excluding hydrogens is 439 g/mol. The number of hydrogen-bond acceptors (Lipinski definition) is 5. The molecule has 2 heterocycles. The molecule has 0 saturated carbocycles. The fourth-order valence-corrected chi connectivity index (χ4v) is 5.21. The van der Waals surface area contributed by atoms with Crippen LogP contribution in [0.25, 0.3) is 0 Å². The van der Waals surface area contributed by atoms with Crippen molar-refractivity contribution < 1.29 is 10.2 Å². The molecule has 2 aliphatic rings. The Balaban J connectivity index is 0.00000140. The molecule has 0 amide bonds. The maximum absolute atomic E-state index is 9.90. The largest absolute Gasteiger partial charge is 0.508 e. The fourth-order valence-electron chi connectivity index (χ4n) is 3.88. The van der Waals surface area contributed by atoms with Crippen molar-refractivity contribution in [2.45, 2.75) is 22.3 Å². The summed E-state index contributed by atoms with van der Waals surface area (Å²) >= 11 is 8.05. The number of benzene rings is 2. The maximum atomic E-state index is 9.90. The number of aliphatic hydroxyl groups excluding tert-OH is 1. The first-order chi connectivity index (χ1) is 12.6. The van der Waals surface area contributed by atoms with Crippen LogP contribution in [0, 0.1) is 0 Å². The van der Waals surface area contributed by atoms with Crippen molar-refractivity contribution in [3.63, 3.8) is 0 Å². The standard InChI is InChI=1S/C20H23ClN2O2S.2ClH/c21-15-2-4-19-17(12-15)18(23-7-5-22(6-8-23)9-10-24)11-14-1-3-16(25)13-20(14)26-19;;/h1-4,12-13,18,24-25H,5-11H2;2*1H. The lowest BCUT2D eigenvalue weighted by Crippen LogP contribution is -2.48. The van der Waals surface area contributed by atoms with Crippen LogP contribution in [0.5, 0.6) is 5.75 Å². The minimum Gasteiger partial charge on any atom is -0.508 e. The van der Waals surface area contributed by atoms with Crippen LogP contribution in [-0.4, -0.2) is 59.3 Å². The Morgan fingerprint density at radius 2 is 1.75 bits per heavy atom. The SMILES string of the molecule is Cl.Cl.OCCN1CCN(C2Cc3ccc(O)cc3Sc3ccc(Cl)cc32)CC1. The Kier molecular flexibility index (Phi) is 8.77. The molecule has 0 spiro atoms. The summed E-state index contributed by atoms with van der Waals surface area (Å²) < 4.78 is 0. The molecule has 2 aromatic rings. The van der Waals surface area contributed by atoms with Gasteiger partial charge in [0.2, 0.25) is 0 Å². The van der Waals surface area contributed by atoms with Gasteiger partial charge in [-0.05, 0) is 47.9 Å². The molecule has 154 valence electrons. The number of fused-ring (bicyclic) bond motifs is 2. The smallest absolute Gasteiger partial charge is 0.116 e. The second-order valence-electron chi connectivity index (χ2n) is 6.90. The number of phenols is 1. The number of phenolic OH excluding ortho intramolecular Hbond substituents is 1. The van der Waals surface area contributed by atoms with E-state index in [4.69, 9.17) is 16.7 Å². The molecule has 1 atom stereocenters. The summed E-state index contributed by atoms with van der Waals surface area (Å²) in [5, 5.41) is 19.8. The summed E-state index contributed by atoms with van der Waals surface area (Å²) in [5.74, 6) is 0.308. The van der Waals surface area contributed by atoms with Crippen molar-refractivity contribution in [2.75, 3.05) is 39.3 Å². The van der Waals surface area contributed by atoms with Gasteiger partial charge in [-0.3, -0.25) is 9.80 Å². The van der Waals surface area contributed by atoms with Crippen LogP contribution in [0.1, 0.15) is 17.2 Å². The monoisotopic (exact) mass is 462 g/mol. The zero-order chi connectivity index (χ0) is 18.1. The van der Waals surface area contributed by atoms with Crippen LogP contribution in [0.15, 0.2) is 46.2 Å². The molecule has 0 aliphatic carbocycles. The van der Waals surface area contributed by atoms with Crippen LogP contribution >= 0.6 is 48.2 Å². The van der Waals surface area contributed by atoms with Crippen molar-refractivity contribution in [3.05, 3.63) is 52.5 Å². The number of aromatic hydroxyl groups is 1. The molecule has 28 heavy (non-hydrogen) atoms. The van der Waals surface area contributed by atoms with Gasteiger partial charge in [0.05, 0.1) is 6.61 Å². The molecule has 1 saturated heterocycles. The van der Waals surface area contributed by atoms with Gasteiger partial charge >= 0.3 is 0 Å². The van der Waals surface area contributed by atoms with Crippen LogP contribution in [0.3, 0.4) is 0 Å². The molecule has 0 bridgehead atoms. The highest BCUT2D eigenvalue weighted by atomic mass is 35.5. The van der Waals surface area contributed by atoms with E-state index in [1.54, 1.807) is 17.8 Å². The third kappa shape index (κ3) is 5.08. The number of β-amino-alcohol motifs (C(OH)–C–C–N with tert-alkyl or cyclic N) is 1. The van der Waals surface area contributed by atoms with E-state index < -0.39 is 0 Å². The van der Waals surface area contributed by atoms with E-state index in [1.807, 2.05) is 18.2 Å². The van der Waals surface area contributed by atoms with E-state index in [0.29, 0.717) is 5.75 Å². The van der Waals surface area contributed by atoms with Gasteiger partial charge in [-0.25, -0.2) is 0 Å². The maximum Gasteiger partial charge on any atom is 0.116 e. The predicted molar refractivity (Wildman–Crippen MR) is 120 cm³/mol. The third-order valence-corrected chi connectivity index (χ3v) is 6.71.